The molecule has 8 nitrogen and oxygen atoms in total. The topological polar surface area (TPSA) is 108 Å². The third kappa shape index (κ3) is 5.46. The molecular weight excluding hydrogens is 475 g/mol. The van der Waals surface area contributed by atoms with Gasteiger partial charge < -0.3 is 24.6 Å². The summed E-state index contributed by atoms with van der Waals surface area (Å²) in [6.07, 6.45) is -0.225. The van der Waals surface area contributed by atoms with Crippen molar-refractivity contribution in [2.24, 2.45) is 0 Å². The number of sulfonamides is 1. The molecule has 0 aliphatic carbocycles. The molecule has 3 N–H and O–H groups in total. The quantitative estimate of drug-likeness (QED) is 0.423. The first-order valence-electron chi connectivity index (χ1n) is 12.1. The first kappa shape index (κ1) is 25.8. The lowest BCUT2D eigenvalue weighted by atomic mass is 9.88. The average Bonchev–Trinajstić information content (AvgIpc) is 3.30. The van der Waals surface area contributed by atoms with Gasteiger partial charge in [0.05, 0.1) is 22.3 Å². The van der Waals surface area contributed by atoms with Crippen LogP contribution in [0.4, 0.5) is 10.1 Å². The van der Waals surface area contributed by atoms with Gasteiger partial charge in [0, 0.05) is 18.1 Å². The maximum Gasteiger partial charge on any atom is 0.262 e. The van der Waals surface area contributed by atoms with Crippen molar-refractivity contribution in [3.05, 3.63) is 52.8 Å². The molecular formula is C25H33FN2O6S. The van der Waals surface area contributed by atoms with E-state index in [0.717, 1.165) is 37.7 Å². The molecule has 1 fully saturated rings. The summed E-state index contributed by atoms with van der Waals surface area (Å²) >= 11 is 0. The van der Waals surface area contributed by atoms with Crippen LogP contribution in [0.5, 0.6) is 5.75 Å². The van der Waals surface area contributed by atoms with Gasteiger partial charge in [-0.25, -0.2) is 12.8 Å². The van der Waals surface area contributed by atoms with E-state index in [0.29, 0.717) is 25.0 Å². The minimum atomic E-state index is -4.16. The van der Waals surface area contributed by atoms with E-state index in [1.54, 1.807) is 6.07 Å². The second-order valence-electron chi connectivity index (χ2n) is 8.92. The predicted octanol–water partition coefficient (Wildman–Crippen LogP) is 3.15. The Bertz CT molecular complexity index is 1150. The molecule has 1 saturated heterocycles. The summed E-state index contributed by atoms with van der Waals surface area (Å²) in [7, 11) is -4.16. The molecule has 0 bridgehead atoms. The van der Waals surface area contributed by atoms with E-state index in [-0.39, 0.29) is 40.5 Å². The Morgan fingerprint density at radius 2 is 1.97 bits per heavy atom. The number of benzene rings is 2. The fourth-order valence-electron chi connectivity index (χ4n) is 4.99. The van der Waals surface area contributed by atoms with Gasteiger partial charge >= 0.3 is 0 Å². The van der Waals surface area contributed by atoms with Crippen molar-refractivity contribution in [2.45, 2.75) is 56.3 Å². The molecule has 35 heavy (non-hydrogen) atoms. The van der Waals surface area contributed by atoms with Crippen molar-refractivity contribution in [3.8, 4) is 5.75 Å². The lowest BCUT2D eigenvalue weighted by Gasteiger charge is -2.30. The molecule has 4 rings (SSSR count). The minimum absolute atomic E-state index is 0.00883. The van der Waals surface area contributed by atoms with Gasteiger partial charge in [0.2, 0.25) is 0 Å². The number of aliphatic hydroxyl groups excluding tert-OH is 1. The highest BCUT2D eigenvalue weighted by molar-refractivity contribution is 7.92. The van der Waals surface area contributed by atoms with Crippen molar-refractivity contribution >= 4 is 15.7 Å². The number of rotatable bonds is 10. The number of anilines is 1. The standard InChI is InChI=1S/C25H33FN2O6S/c1-3-28(4-2)12-5-6-16-14-17(26)7-10-22(16)35(31,32)27-20-9-8-19-18-11-13-33-21(18)15-34-24(19)23(20)25(29)30/h7-10,14,18,21,25,27,29-30H,3-6,11-13,15H2,1-2H3/t18-,21+/m0/s1. The van der Waals surface area contributed by atoms with Crippen LogP contribution in [0.2, 0.25) is 0 Å². The number of halogens is 1. The van der Waals surface area contributed by atoms with Crippen molar-refractivity contribution in [1.82, 2.24) is 4.90 Å². The van der Waals surface area contributed by atoms with Crippen LogP contribution >= 0.6 is 0 Å². The highest BCUT2D eigenvalue weighted by atomic mass is 32.2. The predicted molar refractivity (Wildman–Crippen MR) is 130 cm³/mol. The molecule has 2 aromatic carbocycles. The number of hydrogen-bond donors (Lipinski definition) is 3. The second kappa shape index (κ2) is 10.8. The molecule has 0 amide bonds. The summed E-state index contributed by atoms with van der Waals surface area (Å²) < 4.78 is 54.8. The van der Waals surface area contributed by atoms with E-state index in [4.69, 9.17) is 9.47 Å². The van der Waals surface area contributed by atoms with Gasteiger partial charge in [0.25, 0.3) is 10.0 Å². The van der Waals surface area contributed by atoms with Crippen molar-refractivity contribution in [1.29, 1.82) is 0 Å². The fraction of sp³-hybridized carbons (Fsp3) is 0.520. The number of hydrogen-bond acceptors (Lipinski definition) is 7. The van der Waals surface area contributed by atoms with Gasteiger partial charge in [-0.1, -0.05) is 19.9 Å². The molecule has 10 heteroatoms. The summed E-state index contributed by atoms with van der Waals surface area (Å²) in [5, 5.41) is 20.3. The van der Waals surface area contributed by atoms with Gasteiger partial charge in [0.1, 0.15) is 18.2 Å². The third-order valence-electron chi connectivity index (χ3n) is 6.86. The minimum Gasteiger partial charge on any atom is -0.490 e. The van der Waals surface area contributed by atoms with E-state index in [1.165, 1.54) is 18.2 Å². The fourth-order valence-corrected chi connectivity index (χ4v) is 6.32. The Balaban J connectivity index is 1.63. The molecule has 192 valence electrons. The van der Waals surface area contributed by atoms with Crippen LogP contribution in [0.15, 0.2) is 35.2 Å². The van der Waals surface area contributed by atoms with Crippen LogP contribution in [0, 0.1) is 5.82 Å². The van der Waals surface area contributed by atoms with Crippen LogP contribution in [0.1, 0.15) is 55.6 Å². The number of fused-ring (bicyclic) bond motifs is 3. The Morgan fingerprint density at radius 1 is 1.20 bits per heavy atom. The van der Waals surface area contributed by atoms with E-state index in [2.05, 4.69) is 23.5 Å². The van der Waals surface area contributed by atoms with Gasteiger partial charge in [-0.05, 0) is 68.7 Å². The first-order chi connectivity index (χ1) is 16.7. The molecule has 2 aromatic rings. The van der Waals surface area contributed by atoms with Gasteiger partial charge in [-0.15, -0.1) is 0 Å². The van der Waals surface area contributed by atoms with Crippen LogP contribution < -0.4 is 9.46 Å². The summed E-state index contributed by atoms with van der Waals surface area (Å²) in [4.78, 5) is 2.17. The SMILES string of the molecule is CCN(CC)CCCc1cc(F)ccc1S(=O)(=O)Nc1ccc2c(c1C(O)O)OC[C@H]1OCC[C@@H]21. The first-order valence-corrected chi connectivity index (χ1v) is 13.5. The Labute approximate surface area is 205 Å². The highest BCUT2D eigenvalue weighted by Crippen LogP contribution is 2.46. The molecule has 2 atom stereocenters. The maximum absolute atomic E-state index is 14.0. The van der Waals surface area contributed by atoms with E-state index in [9.17, 15) is 23.0 Å². The molecule has 0 spiro atoms. The summed E-state index contributed by atoms with van der Waals surface area (Å²) in [6, 6.07) is 6.85. The zero-order valence-corrected chi connectivity index (χ0v) is 20.9. The lowest BCUT2D eigenvalue weighted by Crippen LogP contribution is -2.29. The monoisotopic (exact) mass is 508 g/mol. The van der Waals surface area contributed by atoms with Crippen LogP contribution in [0.3, 0.4) is 0 Å². The van der Waals surface area contributed by atoms with E-state index < -0.39 is 22.1 Å². The molecule has 0 unspecified atom stereocenters. The van der Waals surface area contributed by atoms with Crippen LogP contribution in [0.25, 0.3) is 0 Å². The van der Waals surface area contributed by atoms with Crippen molar-refractivity contribution in [3.63, 3.8) is 0 Å². The lowest BCUT2D eigenvalue weighted by molar-refractivity contribution is -0.0451. The zero-order chi connectivity index (χ0) is 25.2. The largest absolute Gasteiger partial charge is 0.490 e. The van der Waals surface area contributed by atoms with Gasteiger partial charge in [-0.2, -0.15) is 0 Å². The Kier molecular flexibility index (Phi) is 7.97. The average molecular weight is 509 g/mol. The van der Waals surface area contributed by atoms with Crippen LogP contribution in [-0.2, 0) is 21.2 Å². The number of nitrogens with zero attached hydrogens (tertiary/aromatic N) is 1. The highest BCUT2D eigenvalue weighted by Gasteiger charge is 2.38. The maximum atomic E-state index is 14.0. The zero-order valence-electron chi connectivity index (χ0n) is 20.0. The van der Waals surface area contributed by atoms with Gasteiger partial charge in [-0.3, -0.25) is 4.72 Å². The number of nitrogens with one attached hydrogen (secondary N) is 1. The molecule has 0 saturated carbocycles. The van der Waals surface area contributed by atoms with E-state index in [1.807, 2.05) is 0 Å². The molecule has 2 aliphatic rings. The smallest absolute Gasteiger partial charge is 0.262 e. The summed E-state index contributed by atoms with van der Waals surface area (Å²) in [5.74, 6) is -0.189. The van der Waals surface area contributed by atoms with Gasteiger partial charge in [0.15, 0.2) is 6.29 Å². The summed E-state index contributed by atoms with van der Waals surface area (Å²) in [6.45, 7) is 7.49. The van der Waals surface area contributed by atoms with Crippen molar-refractivity contribution in [2.75, 3.05) is 37.6 Å². The number of aliphatic hydroxyl groups is 2. The molecule has 2 aliphatic heterocycles. The molecule has 0 aromatic heterocycles. The van der Waals surface area contributed by atoms with Crippen molar-refractivity contribution < 1.29 is 32.5 Å². The Hall–Kier alpha value is -2.24. The molecule has 0 radical (unpaired) electrons. The second-order valence-corrected chi connectivity index (χ2v) is 10.6. The van der Waals surface area contributed by atoms with E-state index >= 15 is 0 Å². The van der Waals surface area contributed by atoms with Crippen LogP contribution in [-0.4, -0.2) is 62.5 Å². The normalized spacial score (nSPS) is 19.5. The number of aryl methyl sites for hydroxylation is 1. The number of ether oxygens (including phenoxy) is 2. The summed E-state index contributed by atoms with van der Waals surface area (Å²) in [5.41, 5.74) is 1.11. The molecule has 2 heterocycles. The Morgan fingerprint density at radius 3 is 2.69 bits per heavy atom. The third-order valence-corrected chi connectivity index (χ3v) is 8.32.